The number of methoxy groups -OCH3 is 2. The monoisotopic (exact) mass is 560 g/mol. The summed E-state index contributed by atoms with van der Waals surface area (Å²) in [6.45, 7) is 6.69. The minimum absolute atomic E-state index is 0.00759. The van der Waals surface area contributed by atoms with Crippen LogP contribution < -0.4 is 14.8 Å². The molecule has 0 aliphatic carbocycles. The van der Waals surface area contributed by atoms with Crippen LogP contribution in [0.2, 0.25) is 0 Å². The molecule has 4 atom stereocenters. The van der Waals surface area contributed by atoms with Crippen molar-refractivity contribution in [3.63, 3.8) is 0 Å². The number of hydrogen-bond donors (Lipinski definition) is 2. The predicted octanol–water partition coefficient (Wildman–Crippen LogP) is 4.68. The first-order valence-corrected chi connectivity index (χ1v) is 14.2. The maximum Gasteiger partial charge on any atom is 0.217 e. The van der Waals surface area contributed by atoms with E-state index in [0.717, 1.165) is 59.8 Å². The van der Waals surface area contributed by atoms with Crippen LogP contribution in [-0.2, 0) is 40.4 Å². The first-order valence-electron chi connectivity index (χ1n) is 14.2. The van der Waals surface area contributed by atoms with Crippen LogP contribution in [-0.4, -0.2) is 49.3 Å². The second kappa shape index (κ2) is 13.0. The molecule has 3 aromatic carbocycles. The van der Waals surface area contributed by atoms with E-state index in [2.05, 4.69) is 29.3 Å². The Labute approximate surface area is 242 Å². The number of rotatable bonds is 9. The largest absolute Gasteiger partial charge is 0.493 e. The van der Waals surface area contributed by atoms with Crippen molar-refractivity contribution in [1.82, 2.24) is 10.2 Å². The SMILES string of the molecule is COc1cc2c(cc1OC)CN(C[C@H]1O[C@@H](c3ccc(CNC(C)=O)cc3)O[C@@H](c3ccc(CO)cc3)[C@H]1C)CC2. The van der Waals surface area contributed by atoms with Crippen molar-refractivity contribution in [2.45, 2.75) is 58.5 Å². The van der Waals surface area contributed by atoms with Crippen molar-refractivity contribution in [1.29, 1.82) is 0 Å². The molecule has 1 saturated heterocycles. The highest BCUT2D eigenvalue weighted by atomic mass is 16.7. The Morgan fingerprint density at radius 1 is 0.951 bits per heavy atom. The molecule has 2 heterocycles. The number of hydrogen-bond acceptors (Lipinski definition) is 7. The first kappa shape index (κ1) is 29.1. The molecule has 2 aliphatic rings. The highest BCUT2D eigenvalue weighted by Crippen LogP contribution is 2.42. The Hall–Kier alpha value is -3.43. The fourth-order valence-corrected chi connectivity index (χ4v) is 5.70. The van der Waals surface area contributed by atoms with Gasteiger partial charge in [0, 0.05) is 44.6 Å². The Morgan fingerprint density at radius 2 is 1.59 bits per heavy atom. The molecular formula is C33H40N2O6. The van der Waals surface area contributed by atoms with Gasteiger partial charge in [-0.15, -0.1) is 0 Å². The van der Waals surface area contributed by atoms with Gasteiger partial charge in [0.2, 0.25) is 5.91 Å². The minimum Gasteiger partial charge on any atom is -0.493 e. The summed E-state index contributed by atoms with van der Waals surface area (Å²) in [5.74, 6) is 1.55. The molecule has 0 saturated carbocycles. The predicted molar refractivity (Wildman–Crippen MR) is 155 cm³/mol. The lowest BCUT2D eigenvalue weighted by Crippen LogP contribution is -2.45. The summed E-state index contributed by atoms with van der Waals surface area (Å²) < 4.78 is 24.4. The highest BCUT2D eigenvalue weighted by molar-refractivity contribution is 5.72. The van der Waals surface area contributed by atoms with E-state index in [4.69, 9.17) is 18.9 Å². The van der Waals surface area contributed by atoms with Gasteiger partial charge in [0.05, 0.1) is 33.0 Å². The summed E-state index contributed by atoms with van der Waals surface area (Å²) in [5.41, 5.74) is 6.42. The zero-order chi connectivity index (χ0) is 28.9. The van der Waals surface area contributed by atoms with Crippen LogP contribution in [0.4, 0.5) is 0 Å². The van der Waals surface area contributed by atoms with Crippen LogP contribution >= 0.6 is 0 Å². The number of carbonyl (C=O) groups is 1. The average Bonchev–Trinajstić information content (AvgIpc) is 3.00. The number of aliphatic hydroxyl groups excluding tert-OH is 1. The molecule has 218 valence electrons. The average molecular weight is 561 g/mol. The minimum atomic E-state index is -0.532. The third-order valence-electron chi connectivity index (χ3n) is 8.15. The normalized spacial score (nSPS) is 22.6. The summed E-state index contributed by atoms with van der Waals surface area (Å²) >= 11 is 0. The number of fused-ring (bicyclic) bond motifs is 1. The molecule has 2 aliphatic heterocycles. The molecule has 0 unspecified atom stereocenters. The molecule has 0 spiro atoms. The smallest absolute Gasteiger partial charge is 0.217 e. The lowest BCUT2D eigenvalue weighted by Gasteiger charge is -2.43. The second-order valence-electron chi connectivity index (χ2n) is 10.9. The van der Waals surface area contributed by atoms with Gasteiger partial charge in [-0.2, -0.15) is 0 Å². The summed E-state index contributed by atoms with van der Waals surface area (Å²) in [4.78, 5) is 13.8. The number of nitrogens with zero attached hydrogens (tertiary/aromatic N) is 1. The lowest BCUT2D eigenvalue weighted by molar-refractivity contribution is -0.276. The van der Waals surface area contributed by atoms with Crippen molar-refractivity contribution in [3.8, 4) is 11.5 Å². The van der Waals surface area contributed by atoms with E-state index in [1.807, 2.05) is 48.5 Å². The molecule has 0 radical (unpaired) electrons. The van der Waals surface area contributed by atoms with Gasteiger partial charge in [0.25, 0.3) is 0 Å². The van der Waals surface area contributed by atoms with Gasteiger partial charge in [-0.25, -0.2) is 0 Å². The number of ether oxygens (including phenoxy) is 4. The second-order valence-corrected chi connectivity index (χ2v) is 10.9. The van der Waals surface area contributed by atoms with Gasteiger partial charge in [-0.05, 0) is 46.4 Å². The van der Waals surface area contributed by atoms with Crippen LogP contribution in [0.3, 0.4) is 0 Å². The van der Waals surface area contributed by atoms with Crippen molar-refractivity contribution >= 4 is 5.91 Å². The van der Waals surface area contributed by atoms with Crippen molar-refractivity contribution < 1.29 is 28.8 Å². The van der Waals surface area contributed by atoms with Gasteiger partial charge < -0.3 is 29.4 Å². The fourth-order valence-electron chi connectivity index (χ4n) is 5.70. The van der Waals surface area contributed by atoms with Crippen LogP contribution in [0.15, 0.2) is 60.7 Å². The molecule has 3 aromatic rings. The molecule has 41 heavy (non-hydrogen) atoms. The molecule has 0 aromatic heterocycles. The van der Waals surface area contributed by atoms with E-state index in [0.29, 0.717) is 6.54 Å². The number of aliphatic hydroxyl groups is 1. The topological polar surface area (TPSA) is 89.5 Å². The first-order chi connectivity index (χ1) is 19.9. The van der Waals surface area contributed by atoms with Crippen LogP contribution in [0.1, 0.15) is 59.6 Å². The van der Waals surface area contributed by atoms with Crippen LogP contribution in [0.5, 0.6) is 11.5 Å². The molecule has 8 heteroatoms. The summed E-state index contributed by atoms with van der Waals surface area (Å²) in [6.07, 6.45) is 0.150. The van der Waals surface area contributed by atoms with E-state index in [-0.39, 0.29) is 30.6 Å². The van der Waals surface area contributed by atoms with E-state index in [9.17, 15) is 9.90 Å². The summed E-state index contributed by atoms with van der Waals surface area (Å²) in [5, 5.41) is 12.4. The Morgan fingerprint density at radius 3 is 2.22 bits per heavy atom. The maximum absolute atomic E-state index is 11.3. The van der Waals surface area contributed by atoms with Crippen molar-refractivity contribution in [2.24, 2.45) is 5.92 Å². The standard InChI is InChI=1S/C33H40N2O6/c1-21-31(19-35-14-13-27-15-29(38-3)30(39-4)16-28(27)18-35)40-33(26-11-5-23(6-12-26)17-34-22(2)37)41-32(21)25-9-7-24(20-36)8-10-25/h5-12,15-16,21,31-33,36H,13-14,17-20H2,1-4H3,(H,34,37)/t21-,31+,32+,33+/m0/s1. The maximum atomic E-state index is 11.3. The Kier molecular flexibility index (Phi) is 9.25. The summed E-state index contributed by atoms with van der Waals surface area (Å²) in [6, 6.07) is 20.2. The third-order valence-corrected chi connectivity index (χ3v) is 8.15. The molecule has 1 amide bonds. The molecule has 5 rings (SSSR count). The summed E-state index contributed by atoms with van der Waals surface area (Å²) in [7, 11) is 3.34. The lowest BCUT2D eigenvalue weighted by atomic mass is 9.89. The number of benzene rings is 3. The number of amides is 1. The van der Waals surface area contributed by atoms with Gasteiger partial charge in [-0.1, -0.05) is 55.5 Å². The van der Waals surface area contributed by atoms with Crippen molar-refractivity contribution in [2.75, 3.05) is 27.3 Å². The molecule has 1 fully saturated rings. The van der Waals surface area contributed by atoms with Gasteiger partial charge in [0.15, 0.2) is 17.8 Å². The van der Waals surface area contributed by atoms with Crippen LogP contribution in [0, 0.1) is 5.92 Å². The Balaban J connectivity index is 1.37. The van der Waals surface area contributed by atoms with Gasteiger partial charge in [0.1, 0.15) is 0 Å². The number of carbonyl (C=O) groups excluding carboxylic acids is 1. The quantitative estimate of drug-likeness (QED) is 0.393. The zero-order valence-corrected chi connectivity index (χ0v) is 24.3. The molecule has 8 nitrogen and oxygen atoms in total. The fraction of sp³-hybridized carbons (Fsp3) is 0.424. The zero-order valence-electron chi connectivity index (χ0n) is 24.3. The van der Waals surface area contributed by atoms with Gasteiger partial charge in [-0.3, -0.25) is 9.69 Å². The molecular weight excluding hydrogens is 520 g/mol. The highest BCUT2D eigenvalue weighted by Gasteiger charge is 2.39. The third kappa shape index (κ3) is 6.73. The Bertz CT molecular complexity index is 1330. The van der Waals surface area contributed by atoms with E-state index in [1.165, 1.54) is 18.1 Å². The van der Waals surface area contributed by atoms with E-state index < -0.39 is 6.29 Å². The van der Waals surface area contributed by atoms with E-state index in [1.54, 1.807) is 14.2 Å². The van der Waals surface area contributed by atoms with E-state index >= 15 is 0 Å². The van der Waals surface area contributed by atoms with Crippen molar-refractivity contribution in [3.05, 3.63) is 94.0 Å². The van der Waals surface area contributed by atoms with Crippen LogP contribution in [0.25, 0.3) is 0 Å². The van der Waals surface area contributed by atoms with Gasteiger partial charge >= 0.3 is 0 Å². The molecule has 2 N–H and O–H groups in total. The molecule has 0 bridgehead atoms. The number of nitrogens with one attached hydrogen (secondary N) is 1.